The number of hydrogen-bond acceptors (Lipinski definition) is 4. The highest BCUT2D eigenvalue weighted by Crippen LogP contribution is 2.30. The lowest BCUT2D eigenvalue weighted by Gasteiger charge is -2.25. The predicted octanol–water partition coefficient (Wildman–Crippen LogP) is 3.54. The SMILES string of the molecule is CC(C)(C)OC(S)c1cccc2occc(=O)c12. The van der Waals surface area contributed by atoms with Crippen LogP contribution in [-0.2, 0) is 4.74 Å². The highest BCUT2D eigenvalue weighted by atomic mass is 32.1. The fraction of sp³-hybridized carbons (Fsp3) is 0.357. The number of hydrogen-bond donors (Lipinski definition) is 1. The van der Waals surface area contributed by atoms with E-state index in [4.69, 9.17) is 9.15 Å². The summed E-state index contributed by atoms with van der Waals surface area (Å²) in [6, 6.07) is 6.83. The van der Waals surface area contributed by atoms with Gasteiger partial charge in [0, 0.05) is 11.6 Å². The molecule has 1 aromatic carbocycles. The summed E-state index contributed by atoms with van der Waals surface area (Å²) in [5.74, 6) is 0. The second kappa shape index (κ2) is 4.78. The first-order chi connectivity index (χ1) is 8.38. The minimum Gasteiger partial charge on any atom is -0.464 e. The maximum Gasteiger partial charge on any atom is 0.193 e. The summed E-state index contributed by atoms with van der Waals surface area (Å²) < 4.78 is 11.1. The molecule has 18 heavy (non-hydrogen) atoms. The van der Waals surface area contributed by atoms with Crippen molar-refractivity contribution in [1.29, 1.82) is 0 Å². The van der Waals surface area contributed by atoms with Gasteiger partial charge in [-0.05, 0) is 26.8 Å². The third-order valence-electron chi connectivity index (χ3n) is 2.45. The highest BCUT2D eigenvalue weighted by Gasteiger charge is 2.20. The third kappa shape index (κ3) is 2.76. The largest absolute Gasteiger partial charge is 0.464 e. The molecule has 3 nitrogen and oxygen atoms in total. The summed E-state index contributed by atoms with van der Waals surface area (Å²) in [6.07, 6.45) is 1.40. The number of thiol groups is 1. The van der Waals surface area contributed by atoms with E-state index in [1.807, 2.05) is 32.9 Å². The van der Waals surface area contributed by atoms with Crippen molar-refractivity contribution >= 4 is 23.6 Å². The van der Waals surface area contributed by atoms with E-state index >= 15 is 0 Å². The topological polar surface area (TPSA) is 39.4 Å². The Kier molecular flexibility index (Phi) is 3.50. The number of benzene rings is 1. The van der Waals surface area contributed by atoms with Crippen molar-refractivity contribution in [3.05, 3.63) is 46.3 Å². The first-order valence-electron chi connectivity index (χ1n) is 5.75. The molecule has 96 valence electrons. The number of fused-ring (bicyclic) bond motifs is 1. The van der Waals surface area contributed by atoms with Crippen LogP contribution in [0.15, 0.2) is 39.7 Å². The molecule has 0 saturated heterocycles. The smallest absolute Gasteiger partial charge is 0.193 e. The Balaban J connectivity index is 2.54. The van der Waals surface area contributed by atoms with Gasteiger partial charge >= 0.3 is 0 Å². The summed E-state index contributed by atoms with van der Waals surface area (Å²) in [4.78, 5) is 11.9. The zero-order valence-electron chi connectivity index (χ0n) is 10.6. The maximum absolute atomic E-state index is 11.9. The lowest BCUT2D eigenvalue weighted by Crippen LogP contribution is -2.21. The zero-order valence-corrected chi connectivity index (χ0v) is 11.5. The van der Waals surface area contributed by atoms with E-state index in [0.717, 1.165) is 5.56 Å². The van der Waals surface area contributed by atoms with E-state index in [1.54, 1.807) is 6.07 Å². The van der Waals surface area contributed by atoms with E-state index in [1.165, 1.54) is 12.3 Å². The van der Waals surface area contributed by atoms with Crippen molar-refractivity contribution in [3.8, 4) is 0 Å². The fourth-order valence-electron chi connectivity index (χ4n) is 1.77. The second-order valence-electron chi connectivity index (χ2n) is 5.09. The minimum atomic E-state index is -0.459. The predicted molar refractivity (Wildman–Crippen MR) is 75.0 cm³/mol. The van der Waals surface area contributed by atoms with Crippen LogP contribution in [0.3, 0.4) is 0 Å². The molecule has 2 rings (SSSR count). The average molecular weight is 264 g/mol. The van der Waals surface area contributed by atoms with Gasteiger partial charge in [0.15, 0.2) is 5.43 Å². The molecule has 0 fully saturated rings. The first kappa shape index (κ1) is 13.2. The van der Waals surface area contributed by atoms with Gasteiger partial charge < -0.3 is 9.15 Å². The molecule has 0 spiro atoms. The van der Waals surface area contributed by atoms with Gasteiger partial charge in [0.25, 0.3) is 0 Å². The summed E-state index contributed by atoms with van der Waals surface area (Å²) in [7, 11) is 0. The van der Waals surface area contributed by atoms with Gasteiger partial charge in [-0.25, -0.2) is 0 Å². The molecule has 0 aliphatic rings. The van der Waals surface area contributed by atoms with Crippen LogP contribution >= 0.6 is 12.6 Å². The van der Waals surface area contributed by atoms with Crippen molar-refractivity contribution < 1.29 is 9.15 Å². The van der Waals surface area contributed by atoms with Crippen molar-refractivity contribution in [2.24, 2.45) is 0 Å². The molecule has 1 aromatic heterocycles. The third-order valence-corrected chi connectivity index (χ3v) is 2.83. The van der Waals surface area contributed by atoms with Crippen molar-refractivity contribution in [2.75, 3.05) is 0 Å². The van der Waals surface area contributed by atoms with Crippen LogP contribution in [0, 0.1) is 0 Å². The normalized spacial score (nSPS) is 13.8. The molecule has 1 atom stereocenters. The monoisotopic (exact) mass is 264 g/mol. The molecule has 0 aliphatic carbocycles. The molecular weight excluding hydrogens is 248 g/mol. The fourth-order valence-corrected chi connectivity index (χ4v) is 2.30. The second-order valence-corrected chi connectivity index (χ2v) is 5.56. The Bertz CT molecular complexity index is 605. The molecular formula is C14H16O3S. The Morgan fingerprint density at radius 3 is 2.67 bits per heavy atom. The van der Waals surface area contributed by atoms with E-state index in [2.05, 4.69) is 12.6 Å². The summed E-state index contributed by atoms with van der Waals surface area (Å²) >= 11 is 4.43. The Morgan fingerprint density at radius 1 is 1.28 bits per heavy atom. The Labute approximate surface area is 111 Å². The summed E-state index contributed by atoms with van der Waals surface area (Å²) in [5.41, 5.74) is 0.419. The van der Waals surface area contributed by atoms with Crippen LogP contribution in [-0.4, -0.2) is 5.60 Å². The van der Waals surface area contributed by atoms with Crippen molar-refractivity contribution in [3.63, 3.8) is 0 Å². The van der Waals surface area contributed by atoms with Crippen molar-refractivity contribution in [2.45, 2.75) is 31.8 Å². The van der Waals surface area contributed by atoms with Crippen LogP contribution in [0.2, 0.25) is 0 Å². The van der Waals surface area contributed by atoms with Gasteiger partial charge in [-0.2, -0.15) is 0 Å². The van der Waals surface area contributed by atoms with Crippen molar-refractivity contribution in [1.82, 2.24) is 0 Å². The van der Waals surface area contributed by atoms with Crippen LogP contribution < -0.4 is 5.43 Å². The van der Waals surface area contributed by atoms with Gasteiger partial charge in [0.1, 0.15) is 11.0 Å². The molecule has 0 radical (unpaired) electrons. The van der Waals surface area contributed by atoms with Crippen LogP contribution in [0.25, 0.3) is 11.0 Å². The molecule has 0 N–H and O–H groups in total. The lowest BCUT2D eigenvalue weighted by atomic mass is 10.1. The first-order valence-corrected chi connectivity index (χ1v) is 6.26. The molecule has 4 heteroatoms. The molecule has 0 aliphatic heterocycles. The Morgan fingerprint density at radius 2 is 2.00 bits per heavy atom. The van der Waals surface area contributed by atoms with Crippen LogP contribution in [0.4, 0.5) is 0 Å². The molecule has 2 aromatic rings. The van der Waals surface area contributed by atoms with E-state index in [9.17, 15) is 4.79 Å². The van der Waals surface area contributed by atoms with Gasteiger partial charge in [-0.3, -0.25) is 4.79 Å². The number of rotatable bonds is 2. The molecule has 0 bridgehead atoms. The minimum absolute atomic E-state index is 0.0802. The maximum atomic E-state index is 11.9. The van der Waals surface area contributed by atoms with Gasteiger partial charge in [-0.1, -0.05) is 12.1 Å². The molecule has 0 saturated carbocycles. The summed E-state index contributed by atoms with van der Waals surface area (Å²) in [6.45, 7) is 5.84. The lowest BCUT2D eigenvalue weighted by molar-refractivity contribution is -0.0187. The molecule has 1 heterocycles. The highest BCUT2D eigenvalue weighted by molar-refractivity contribution is 7.80. The van der Waals surface area contributed by atoms with E-state index < -0.39 is 5.44 Å². The summed E-state index contributed by atoms with van der Waals surface area (Å²) in [5, 5.41) is 0.532. The number of ether oxygens (including phenoxy) is 1. The van der Waals surface area contributed by atoms with Crippen LogP contribution in [0.1, 0.15) is 31.8 Å². The van der Waals surface area contributed by atoms with Gasteiger partial charge in [0.05, 0.1) is 17.3 Å². The molecule has 0 amide bonds. The quantitative estimate of drug-likeness (QED) is 0.666. The standard InChI is InChI=1S/C14H16O3S/c1-14(2,3)17-13(18)9-5-4-6-11-12(9)10(15)7-8-16-11/h4-8,13,18H,1-3H3. The van der Waals surface area contributed by atoms with Crippen LogP contribution in [0.5, 0.6) is 0 Å². The zero-order chi connectivity index (χ0) is 13.3. The van der Waals surface area contributed by atoms with Gasteiger partial charge in [0.2, 0.25) is 0 Å². The van der Waals surface area contributed by atoms with Gasteiger partial charge in [-0.15, -0.1) is 12.6 Å². The van der Waals surface area contributed by atoms with E-state index in [0.29, 0.717) is 11.0 Å². The Hall–Kier alpha value is -1.26. The van der Waals surface area contributed by atoms with E-state index in [-0.39, 0.29) is 11.0 Å². The average Bonchev–Trinajstić information content (AvgIpc) is 2.26. The molecule has 1 unspecified atom stereocenters.